The maximum atomic E-state index is 12.5. The number of halogens is 2. The number of sulfone groups is 1. The van der Waals surface area contributed by atoms with Crippen molar-refractivity contribution >= 4 is 21.6 Å². The number of carbonyl (C=O) groups is 2. The molecule has 0 saturated carbocycles. The molecule has 6 nitrogen and oxygen atoms in total. The minimum atomic E-state index is -4.75. The Hall–Kier alpha value is -2.81. The van der Waals surface area contributed by atoms with Gasteiger partial charge in [0.15, 0.2) is 6.10 Å². The van der Waals surface area contributed by atoms with E-state index < -0.39 is 38.3 Å². The molecule has 0 N–H and O–H groups in total. The molecule has 0 aliphatic carbocycles. The van der Waals surface area contributed by atoms with Gasteiger partial charge in [0, 0.05) is 5.56 Å². The first kappa shape index (κ1) is 20.5. The third-order valence-corrected chi connectivity index (χ3v) is 5.08. The fourth-order valence-electron chi connectivity index (χ4n) is 2.16. The third-order valence-electron chi connectivity index (χ3n) is 3.68. The average Bonchev–Trinajstić information content (AvgIpc) is 2.67. The van der Waals surface area contributed by atoms with Gasteiger partial charge in [-0.25, -0.2) is 13.2 Å². The topological polar surface area (TPSA) is 86.7 Å². The van der Waals surface area contributed by atoms with E-state index in [1.807, 2.05) is 0 Å². The summed E-state index contributed by atoms with van der Waals surface area (Å²) in [6, 6.07) is 10.1. The first-order valence-corrected chi connectivity index (χ1v) is 9.23. The van der Waals surface area contributed by atoms with Gasteiger partial charge in [-0.15, -0.1) is 0 Å². The van der Waals surface area contributed by atoms with E-state index in [1.165, 1.54) is 26.2 Å². The van der Waals surface area contributed by atoms with Crippen molar-refractivity contribution in [3.63, 3.8) is 0 Å². The van der Waals surface area contributed by atoms with Crippen LogP contribution < -0.4 is 4.74 Å². The van der Waals surface area contributed by atoms with E-state index in [4.69, 9.17) is 9.47 Å². The summed E-state index contributed by atoms with van der Waals surface area (Å²) in [5.74, 6) is -4.32. The molecule has 0 bridgehead atoms. The maximum absolute atomic E-state index is 12.5. The molecule has 0 aliphatic rings. The smallest absolute Gasteiger partial charge is 0.341 e. The van der Waals surface area contributed by atoms with Crippen LogP contribution in [-0.2, 0) is 14.6 Å². The zero-order chi connectivity index (χ0) is 20.2. The predicted octanol–water partition coefficient (Wildman–Crippen LogP) is 3.12. The molecule has 0 heterocycles. The molecule has 0 aromatic heterocycles. The van der Waals surface area contributed by atoms with Crippen LogP contribution in [0.25, 0.3) is 0 Å². The first-order valence-electron chi connectivity index (χ1n) is 7.68. The molecule has 0 fully saturated rings. The Morgan fingerprint density at radius 1 is 0.926 bits per heavy atom. The highest BCUT2D eigenvalue weighted by Gasteiger charge is 2.27. The van der Waals surface area contributed by atoms with Crippen LogP contribution in [0.3, 0.4) is 0 Å². The number of rotatable bonds is 7. The quantitative estimate of drug-likeness (QED) is 0.526. The Labute approximate surface area is 154 Å². The number of esters is 1. The van der Waals surface area contributed by atoms with Crippen LogP contribution in [0.15, 0.2) is 53.4 Å². The molecule has 144 valence electrons. The third kappa shape index (κ3) is 4.68. The van der Waals surface area contributed by atoms with Crippen LogP contribution in [-0.4, -0.2) is 39.1 Å². The lowest BCUT2D eigenvalue weighted by molar-refractivity contribution is 0.0318. The Kier molecular flexibility index (Phi) is 6.27. The van der Waals surface area contributed by atoms with Gasteiger partial charge in [0.25, 0.3) is 0 Å². The number of Topliss-reactive ketones (excluding diaryl/α,β-unsaturated/α-hetero) is 1. The summed E-state index contributed by atoms with van der Waals surface area (Å²) in [5.41, 5.74) is 0.243. The Bertz CT molecular complexity index is 921. The van der Waals surface area contributed by atoms with Crippen molar-refractivity contribution in [2.45, 2.75) is 23.7 Å². The van der Waals surface area contributed by atoms with Gasteiger partial charge >= 0.3 is 11.7 Å². The molecule has 9 heteroatoms. The van der Waals surface area contributed by atoms with Crippen molar-refractivity contribution in [1.29, 1.82) is 0 Å². The largest absolute Gasteiger partial charge is 0.497 e. The highest BCUT2D eigenvalue weighted by molar-refractivity contribution is 7.91. The molecule has 0 aliphatic heterocycles. The van der Waals surface area contributed by atoms with Gasteiger partial charge in [0.1, 0.15) is 5.75 Å². The fourth-order valence-corrected chi connectivity index (χ4v) is 2.88. The normalized spacial score (nSPS) is 12.5. The van der Waals surface area contributed by atoms with Gasteiger partial charge < -0.3 is 9.47 Å². The van der Waals surface area contributed by atoms with Crippen molar-refractivity contribution in [3.05, 3.63) is 59.7 Å². The van der Waals surface area contributed by atoms with Crippen LogP contribution in [0.1, 0.15) is 27.6 Å². The standard InChI is InChI=1S/C18H16F2O6S/c1-11(16(21)12-3-7-14(25-2)8-4-12)26-17(22)13-5-9-15(10-6-13)27(23,24)18(19)20/h3-11,18H,1-2H3/t11-/m0/s1. The van der Waals surface area contributed by atoms with E-state index in [0.717, 1.165) is 24.3 Å². The van der Waals surface area contributed by atoms with Crippen LogP contribution in [0.5, 0.6) is 5.75 Å². The number of methoxy groups -OCH3 is 1. The van der Waals surface area contributed by atoms with Gasteiger partial charge in [-0.3, -0.25) is 4.79 Å². The van der Waals surface area contributed by atoms with Gasteiger partial charge in [0.2, 0.25) is 15.6 Å². The van der Waals surface area contributed by atoms with Crippen LogP contribution >= 0.6 is 0 Å². The maximum Gasteiger partial charge on any atom is 0.341 e. The molecule has 0 unspecified atom stereocenters. The van der Waals surface area contributed by atoms with Gasteiger partial charge in [0.05, 0.1) is 17.6 Å². The van der Waals surface area contributed by atoms with Crippen molar-refractivity contribution in [1.82, 2.24) is 0 Å². The molecule has 2 aromatic rings. The molecule has 1 atom stereocenters. The lowest BCUT2D eigenvalue weighted by Gasteiger charge is -2.13. The average molecular weight is 398 g/mol. The summed E-state index contributed by atoms with van der Waals surface area (Å²) in [4.78, 5) is 23.8. The van der Waals surface area contributed by atoms with Crippen LogP contribution in [0.2, 0.25) is 0 Å². The van der Waals surface area contributed by atoms with E-state index >= 15 is 0 Å². The summed E-state index contributed by atoms with van der Waals surface area (Å²) in [7, 11) is -3.26. The number of alkyl halides is 2. The molecule has 0 radical (unpaired) electrons. The number of hydrogen-bond acceptors (Lipinski definition) is 6. The zero-order valence-corrected chi connectivity index (χ0v) is 15.2. The number of ether oxygens (including phenoxy) is 2. The van der Waals surface area contributed by atoms with E-state index in [1.54, 1.807) is 12.1 Å². The number of benzene rings is 2. The number of ketones is 1. The summed E-state index contributed by atoms with van der Waals surface area (Å²) < 4.78 is 57.8. The minimum Gasteiger partial charge on any atom is -0.497 e. The minimum absolute atomic E-state index is 0.0717. The molecule has 2 rings (SSSR count). The molecule has 0 spiro atoms. The predicted molar refractivity (Wildman–Crippen MR) is 91.8 cm³/mol. The molecular weight excluding hydrogens is 382 g/mol. The number of carbonyl (C=O) groups excluding carboxylic acids is 2. The SMILES string of the molecule is COc1ccc(C(=O)[C@H](C)OC(=O)c2ccc(S(=O)(=O)C(F)F)cc2)cc1. The van der Waals surface area contributed by atoms with Gasteiger partial charge in [-0.1, -0.05) is 0 Å². The van der Waals surface area contributed by atoms with E-state index in [-0.39, 0.29) is 5.56 Å². The Morgan fingerprint density at radius 3 is 1.93 bits per heavy atom. The lowest BCUT2D eigenvalue weighted by atomic mass is 10.1. The van der Waals surface area contributed by atoms with Crippen molar-refractivity contribution in [2.24, 2.45) is 0 Å². The number of hydrogen-bond donors (Lipinski definition) is 0. The fraction of sp³-hybridized carbons (Fsp3) is 0.222. The van der Waals surface area contributed by atoms with Gasteiger partial charge in [-0.2, -0.15) is 8.78 Å². The first-order chi connectivity index (χ1) is 12.7. The van der Waals surface area contributed by atoms with Crippen molar-refractivity contribution in [3.8, 4) is 5.75 Å². The van der Waals surface area contributed by atoms with E-state index in [0.29, 0.717) is 11.3 Å². The summed E-state index contributed by atoms with van der Waals surface area (Å²) in [6.45, 7) is 1.39. The highest BCUT2D eigenvalue weighted by Crippen LogP contribution is 2.19. The second-order valence-electron chi connectivity index (χ2n) is 5.47. The second-order valence-corrected chi connectivity index (χ2v) is 7.39. The Balaban J connectivity index is 2.08. The van der Waals surface area contributed by atoms with Gasteiger partial charge in [-0.05, 0) is 55.5 Å². The summed E-state index contributed by atoms with van der Waals surface area (Å²) in [6.07, 6.45) is -1.10. The molecule has 2 aromatic carbocycles. The van der Waals surface area contributed by atoms with E-state index in [9.17, 15) is 26.8 Å². The Morgan fingerprint density at radius 2 is 1.44 bits per heavy atom. The molecular formula is C18H16F2O6S. The van der Waals surface area contributed by atoms with E-state index in [2.05, 4.69) is 0 Å². The second kappa shape index (κ2) is 8.26. The molecule has 27 heavy (non-hydrogen) atoms. The molecule has 0 saturated heterocycles. The van der Waals surface area contributed by atoms with Crippen molar-refractivity contribution < 1.29 is 36.3 Å². The summed E-state index contributed by atoms with van der Waals surface area (Å²) in [5, 5.41) is 0. The van der Waals surface area contributed by atoms with Crippen LogP contribution in [0, 0.1) is 0 Å². The monoisotopic (exact) mass is 398 g/mol. The summed E-state index contributed by atoms with van der Waals surface area (Å²) >= 11 is 0. The highest BCUT2D eigenvalue weighted by atomic mass is 32.2. The lowest BCUT2D eigenvalue weighted by Crippen LogP contribution is -2.24. The van der Waals surface area contributed by atoms with Crippen LogP contribution in [0.4, 0.5) is 8.78 Å². The molecule has 0 amide bonds. The van der Waals surface area contributed by atoms with Crippen molar-refractivity contribution in [2.75, 3.05) is 7.11 Å². The zero-order valence-electron chi connectivity index (χ0n) is 14.4.